The number of nitrogens with zero attached hydrogens (tertiary/aromatic N) is 3. The van der Waals surface area contributed by atoms with Crippen LogP contribution in [-0.2, 0) is 11.2 Å². The third kappa shape index (κ3) is 3.10. The zero-order valence-corrected chi connectivity index (χ0v) is 9.04. The molecule has 0 fully saturated rings. The average molecular weight is 233 g/mol. The van der Waals surface area contributed by atoms with Crippen LogP contribution in [0.25, 0.3) is 11.5 Å². The first-order valence-corrected chi connectivity index (χ1v) is 5.20. The first-order chi connectivity index (χ1) is 8.25. The molecule has 0 bridgehead atoms. The molecule has 17 heavy (non-hydrogen) atoms. The lowest BCUT2D eigenvalue weighted by atomic mass is 10.2. The van der Waals surface area contributed by atoms with Gasteiger partial charge in [0.15, 0.2) is 0 Å². The molecule has 6 nitrogen and oxygen atoms in total. The second kappa shape index (κ2) is 5.20. The Morgan fingerprint density at radius 3 is 2.76 bits per heavy atom. The van der Waals surface area contributed by atoms with E-state index in [0.717, 1.165) is 5.56 Å². The molecule has 88 valence electrons. The van der Waals surface area contributed by atoms with Crippen molar-refractivity contribution in [3.63, 3.8) is 0 Å². The number of carbonyl (C=O) groups is 1. The van der Waals surface area contributed by atoms with Crippen molar-refractivity contribution >= 4 is 5.97 Å². The smallest absolute Gasteiger partial charge is 0.303 e. The highest BCUT2D eigenvalue weighted by Gasteiger charge is 2.08. The summed E-state index contributed by atoms with van der Waals surface area (Å²) >= 11 is 0. The monoisotopic (exact) mass is 233 g/mol. The number of aryl methyl sites for hydroxylation is 1. The van der Waals surface area contributed by atoms with Crippen molar-refractivity contribution < 1.29 is 14.3 Å². The molecule has 0 aromatic carbocycles. The van der Waals surface area contributed by atoms with E-state index in [-0.39, 0.29) is 6.42 Å². The van der Waals surface area contributed by atoms with E-state index in [1.54, 1.807) is 24.5 Å². The maximum atomic E-state index is 10.3. The number of rotatable bonds is 5. The van der Waals surface area contributed by atoms with Crippen molar-refractivity contribution in [2.24, 2.45) is 0 Å². The summed E-state index contributed by atoms with van der Waals surface area (Å²) in [5, 5.41) is 16.3. The van der Waals surface area contributed by atoms with Gasteiger partial charge in [-0.3, -0.25) is 9.78 Å². The topological polar surface area (TPSA) is 89.1 Å². The highest BCUT2D eigenvalue weighted by Crippen LogP contribution is 2.16. The zero-order valence-electron chi connectivity index (χ0n) is 9.04. The van der Waals surface area contributed by atoms with E-state index >= 15 is 0 Å². The van der Waals surface area contributed by atoms with Crippen LogP contribution in [0.15, 0.2) is 28.9 Å². The first-order valence-electron chi connectivity index (χ1n) is 5.20. The summed E-state index contributed by atoms with van der Waals surface area (Å²) in [5.74, 6) is 0.0645. The normalized spacial score (nSPS) is 10.4. The van der Waals surface area contributed by atoms with E-state index < -0.39 is 5.97 Å². The molecule has 0 saturated heterocycles. The fourth-order valence-electron chi connectivity index (χ4n) is 1.36. The predicted molar refractivity (Wildman–Crippen MR) is 58.1 cm³/mol. The Morgan fingerprint density at radius 2 is 2.06 bits per heavy atom. The molecule has 0 amide bonds. The standard InChI is InChI=1S/C11H11N3O3/c15-10(16)3-1-2-9-13-14-11(17-9)8-4-6-12-7-5-8/h4-7H,1-3H2,(H,15,16). The molecule has 0 unspecified atom stereocenters. The largest absolute Gasteiger partial charge is 0.481 e. The summed E-state index contributed by atoms with van der Waals surface area (Å²) in [6, 6.07) is 3.54. The van der Waals surface area contributed by atoms with Crippen molar-refractivity contribution in [2.75, 3.05) is 0 Å². The molecule has 0 aliphatic rings. The number of hydrogen-bond acceptors (Lipinski definition) is 5. The van der Waals surface area contributed by atoms with Crippen molar-refractivity contribution in [1.82, 2.24) is 15.2 Å². The molecule has 0 aliphatic heterocycles. The highest BCUT2D eigenvalue weighted by molar-refractivity contribution is 5.66. The van der Waals surface area contributed by atoms with Crippen LogP contribution in [0.3, 0.4) is 0 Å². The summed E-state index contributed by atoms with van der Waals surface area (Å²) in [6.45, 7) is 0. The number of carboxylic acid groups (broad SMARTS) is 1. The van der Waals surface area contributed by atoms with E-state index in [0.29, 0.717) is 24.6 Å². The van der Waals surface area contributed by atoms with Crippen LogP contribution in [0.4, 0.5) is 0 Å². The molecular weight excluding hydrogens is 222 g/mol. The summed E-state index contributed by atoms with van der Waals surface area (Å²) in [5.41, 5.74) is 0.803. The Balaban J connectivity index is 1.99. The van der Waals surface area contributed by atoms with E-state index in [4.69, 9.17) is 9.52 Å². The molecule has 2 heterocycles. The molecule has 1 N–H and O–H groups in total. The van der Waals surface area contributed by atoms with E-state index in [1.165, 1.54) is 0 Å². The molecule has 0 radical (unpaired) electrons. The van der Waals surface area contributed by atoms with Gasteiger partial charge in [0, 0.05) is 30.8 Å². The minimum atomic E-state index is -0.820. The fraction of sp³-hybridized carbons (Fsp3) is 0.273. The van der Waals surface area contributed by atoms with Gasteiger partial charge in [0.1, 0.15) is 0 Å². The van der Waals surface area contributed by atoms with Crippen LogP contribution in [0.5, 0.6) is 0 Å². The summed E-state index contributed by atoms with van der Waals surface area (Å²) in [6.07, 6.45) is 4.36. The van der Waals surface area contributed by atoms with E-state index in [2.05, 4.69) is 15.2 Å². The minimum Gasteiger partial charge on any atom is -0.481 e. The van der Waals surface area contributed by atoms with Gasteiger partial charge in [-0.15, -0.1) is 10.2 Å². The molecule has 2 aromatic heterocycles. The molecule has 6 heteroatoms. The van der Waals surface area contributed by atoms with Crippen LogP contribution in [0, 0.1) is 0 Å². The molecule has 2 rings (SSSR count). The summed E-state index contributed by atoms with van der Waals surface area (Å²) < 4.78 is 5.41. The number of carboxylic acids is 1. The lowest BCUT2D eigenvalue weighted by Gasteiger charge is -1.93. The lowest BCUT2D eigenvalue weighted by molar-refractivity contribution is -0.137. The maximum absolute atomic E-state index is 10.3. The van der Waals surface area contributed by atoms with Crippen molar-refractivity contribution in [3.05, 3.63) is 30.4 Å². The van der Waals surface area contributed by atoms with Crippen LogP contribution in [0.2, 0.25) is 0 Å². The highest BCUT2D eigenvalue weighted by atomic mass is 16.4. The average Bonchev–Trinajstić information content (AvgIpc) is 2.78. The van der Waals surface area contributed by atoms with Crippen LogP contribution >= 0.6 is 0 Å². The SMILES string of the molecule is O=C(O)CCCc1nnc(-c2ccncc2)o1. The molecular formula is C11H11N3O3. The third-order valence-corrected chi connectivity index (χ3v) is 2.18. The quantitative estimate of drug-likeness (QED) is 0.842. The second-order valence-corrected chi connectivity index (χ2v) is 3.48. The van der Waals surface area contributed by atoms with Gasteiger partial charge in [-0.2, -0.15) is 0 Å². The zero-order chi connectivity index (χ0) is 12.1. The molecule has 0 spiro atoms. The van der Waals surface area contributed by atoms with Gasteiger partial charge >= 0.3 is 5.97 Å². The van der Waals surface area contributed by atoms with E-state index in [9.17, 15) is 4.79 Å². The minimum absolute atomic E-state index is 0.104. The Morgan fingerprint density at radius 1 is 1.29 bits per heavy atom. The number of aromatic nitrogens is 3. The Bertz CT molecular complexity index is 496. The number of pyridine rings is 1. The molecule has 2 aromatic rings. The number of aliphatic carboxylic acids is 1. The first kappa shape index (κ1) is 11.3. The Labute approximate surface area is 97.3 Å². The Hall–Kier alpha value is -2.24. The number of hydrogen-bond donors (Lipinski definition) is 1. The molecule has 0 atom stereocenters. The second-order valence-electron chi connectivity index (χ2n) is 3.48. The Kier molecular flexibility index (Phi) is 3.44. The van der Waals surface area contributed by atoms with Crippen molar-refractivity contribution in [1.29, 1.82) is 0 Å². The predicted octanol–water partition coefficient (Wildman–Crippen LogP) is 1.54. The van der Waals surface area contributed by atoms with Gasteiger partial charge in [-0.1, -0.05) is 0 Å². The van der Waals surface area contributed by atoms with Crippen molar-refractivity contribution in [2.45, 2.75) is 19.3 Å². The molecule has 0 aliphatic carbocycles. The van der Waals surface area contributed by atoms with Gasteiger partial charge in [0.25, 0.3) is 0 Å². The summed E-state index contributed by atoms with van der Waals surface area (Å²) in [4.78, 5) is 14.2. The lowest BCUT2D eigenvalue weighted by Crippen LogP contribution is -1.95. The van der Waals surface area contributed by atoms with E-state index in [1.807, 2.05) is 0 Å². The van der Waals surface area contributed by atoms with Gasteiger partial charge in [-0.05, 0) is 18.6 Å². The summed E-state index contributed by atoms with van der Waals surface area (Å²) in [7, 11) is 0. The van der Waals surface area contributed by atoms with Crippen LogP contribution in [-0.4, -0.2) is 26.3 Å². The van der Waals surface area contributed by atoms with Gasteiger partial charge in [-0.25, -0.2) is 0 Å². The van der Waals surface area contributed by atoms with Crippen LogP contribution < -0.4 is 0 Å². The van der Waals surface area contributed by atoms with Gasteiger partial charge < -0.3 is 9.52 Å². The fourth-order valence-corrected chi connectivity index (χ4v) is 1.36. The van der Waals surface area contributed by atoms with Crippen molar-refractivity contribution in [3.8, 4) is 11.5 Å². The van der Waals surface area contributed by atoms with Gasteiger partial charge in [0.05, 0.1) is 0 Å². The molecule has 0 saturated carbocycles. The third-order valence-electron chi connectivity index (χ3n) is 2.18. The maximum Gasteiger partial charge on any atom is 0.303 e. The van der Waals surface area contributed by atoms with Gasteiger partial charge in [0.2, 0.25) is 11.8 Å². The van der Waals surface area contributed by atoms with Crippen LogP contribution in [0.1, 0.15) is 18.7 Å².